The minimum atomic E-state index is -0.375. The molecule has 18 heavy (non-hydrogen) atoms. The maximum absolute atomic E-state index is 11.2. The molecule has 2 aromatic rings. The van der Waals surface area contributed by atoms with Crippen LogP contribution in [0.1, 0.15) is 12.8 Å². The minimum absolute atomic E-state index is 0.152. The predicted octanol–water partition coefficient (Wildman–Crippen LogP) is 1.51. The number of halogens is 1. The average Bonchev–Trinajstić information content (AvgIpc) is 2.87. The van der Waals surface area contributed by atoms with E-state index in [0.29, 0.717) is 5.69 Å². The summed E-state index contributed by atoms with van der Waals surface area (Å²) in [5.41, 5.74) is 0.197. The van der Waals surface area contributed by atoms with Crippen LogP contribution in [0.3, 0.4) is 0 Å². The van der Waals surface area contributed by atoms with E-state index in [1.807, 2.05) is 10.8 Å². The number of hydrogen-bond donors (Lipinski definition) is 2. The van der Waals surface area contributed by atoms with Gasteiger partial charge in [0.25, 0.3) is 5.56 Å². The molecule has 0 saturated heterocycles. The second kappa shape index (κ2) is 6.20. The molecule has 2 aromatic heterocycles. The molecule has 0 amide bonds. The smallest absolute Gasteiger partial charge is 0.285 e. The van der Waals surface area contributed by atoms with Crippen LogP contribution in [0.5, 0.6) is 0 Å². The molecule has 6 nitrogen and oxygen atoms in total. The Morgan fingerprint density at radius 3 is 3.11 bits per heavy atom. The highest BCUT2D eigenvalue weighted by atomic mass is 35.5. The molecule has 0 bridgehead atoms. The van der Waals surface area contributed by atoms with E-state index in [1.165, 1.54) is 6.20 Å². The fourth-order valence-electron chi connectivity index (χ4n) is 1.57. The third kappa shape index (κ3) is 3.33. The topological polar surface area (TPSA) is 75.6 Å². The van der Waals surface area contributed by atoms with E-state index in [1.54, 1.807) is 12.5 Å². The van der Waals surface area contributed by atoms with Gasteiger partial charge in [-0.25, -0.2) is 10.1 Å². The number of aromatic nitrogens is 4. The average molecular weight is 268 g/mol. The zero-order chi connectivity index (χ0) is 12.8. The molecule has 0 spiro atoms. The van der Waals surface area contributed by atoms with Gasteiger partial charge in [0.05, 0.1) is 18.2 Å². The van der Waals surface area contributed by atoms with E-state index in [0.717, 1.165) is 25.9 Å². The summed E-state index contributed by atoms with van der Waals surface area (Å²) in [5.74, 6) is 0. The Labute approximate surface area is 109 Å². The van der Waals surface area contributed by atoms with Gasteiger partial charge >= 0.3 is 0 Å². The number of hydrogen-bond acceptors (Lipinski definition) is 4. The van der Waals surface area contributed by atoms with Crippen LogP contribution >= 0.6 is 11.6 Å². The van der Waals surface area contributed by atoms with Crippen molar-refractivity contribution in [2.75, 3.05) is 11.9 Å². The third-order valence-electron chi connectivity index (χ3n) is 2.51. The zero-order valence-corrected chi connectivity index (χ0v) is 10.5. The number of aryl methyl sites for hydroxylation is 1. The first kappa shape index (κ1) is 12.6. The fraction of sp³-hybridized carbons (Fsp3) is 0.364. The van der Waals surface area contributed by atoms with Crippen molar-refractivity contribution in [3.05, 3.63) is 40.3 Å². The van der Waals surface area contributed by atoms with Gasteiger partial charge in [0, 0.05) is 25.5 Å². The van der Waals surface area contributed by atoms with E-state index in [2.05, 4.69) is 20.5 Å². The molecule has 0 unspecified atom stereocenters. The second-order valence-corrected chi connectivity index (χ2v) is 4.24. The second-order valence-electron chi connectivity index (χ2n) is 3.86. The van der Waals surface area contributed by atoms with Gasteiger partial charge in [0.1, 0.15) is 5.02 Å². The molecular weight excluding hydrogens is 254 g/mol. The molecule has 0 fully saturated rings. The molecule has 0 aromatic carbocycles. The Hall–Kier alpha value is -1.82. The van der Waals surface area contributed by atoms with Crippen molar-refractivity contribution in [1.82, 2.24) is 19.7 Å². The maximum atomic E-state index is 11.2. The molecular formula is C11H14ClN5O. The molecule has 2 rings (SSSR count). The lowest BCUT2D eigenvalue weighted by Gasteiger charge is -2.07. The van der Waals surface area contributed by atoms with Crippen molar-refractivity contribution in [3.8, 4) is 0 Å². The van der Waals surface area contributed by atoms with Gasteiger partial charge < -0.3 is 9.88 Å². The Morgan fingerprint density at radius 1 is 1.44 bits per heavy atom. The van der Waals surface area contributed by atoms with Crippen LogP contribution in [-0.4, -0.2) is 26.3 Å². The van der Waals surface area contributed by atoms with Gasteiger partial charge in [-0.15, -0.1) is 0 Å². The molecule has 0 atom stereocenters. The van der Waals surface area contributed by atoms with Gasteiger partial charge in [-0.05, 0) is 12.8 Å². The van der Waals surface area contributed by atoms with Crippen molar-refractivity contribution in [1.29, 1.82) is 0 Å². The van der Waals surface area contributed by atoms with Crippen molar-refractivity contribution >= 4 is 17.3 Å². The SMILES string of the molecule is O=c1[nH]ncc(NCCCCn2ccnc2)c1Cl. The minimum Gasteiger partial charge on any atom is -0.382 e. The van der Waals surface area contributed by atoms with Gasteiger partial charge in [-0.2, -0.15) is 5.10 Å². The highest BCUT2D eigenvalue weighted by molar-refractivity contribution is 6.32. The maximum Gasteiger partial charge on any atom is 0.285 e. The number of anilines is 1. The molecule has 7 heteroatoms. The summed E-state index contributed by atoms with van der Waals surface area (Å²) < 4.78 is 2.03. The quantitative estimate of drug-likeness (QED) is 0.778. The van der Waals surface area contributed by atoms with Gasteiger partial charge in [0.15, 0.2) is 0 Å². The first-order valence-electron chi connectivity index (χ1n) is 5.70. The number of imidazole rings is 1. The molecule has 0 saturated carbocycles. The van der Waals surface area contributed by atoms with Crippen LogP contribution < -0.4 is 10.9 Å². The van der Waals surface area contributed by atoms with Crippen molar-refractivity contribution in [2.45, 2.75) is 19.4 Å². The lowest BCUT2D eigenvalue weighted by atomic mass is 10.3. The van der Waals surface area contributed by atoms with Gasteiger partial charge in [-0.1, -0.05) is 11.6 Å². The van der Waals surface area contributed by atoms with E-state index in [4.69, 9.17) is 11.6 Å². The molecule has 0 radical (unpaired) electrons. The summed E-state index contributed by atoms with van der Waals surface area (Å²) in [6.45, 7) is 1.68. The monoisotopic (exact) mass is 267 g/mol. The summed E-state index contributed by atoms with van der Waals surface area (Å²) in [4.78, 5) is 15.2. The number of H-pyrrole nitrogens is 1. The summed E-state index contributed by atoms with van der Waals surface area (Å²) in [7, 11) is 0. The van der Waals surface area contributed by atoms with E-state index < -0.39 is 0 Å². The zero-order valence-electron chi connectivity index (χ0n) is 9.77. The van der Waals surface area contributed by atoms with Crippen LogP contribution in [0.2, 0.25) is 5.02 Å². The molecule has 0 aliphatic rings. The van der Waals surface area contributed by atoms with Crippen LogP contribution in [0, 0.1) is 0 Å². The molecule has 96 valence electrons. The van der Waals surface area contributed by atoms with Crippen molar-refractivity contribution in [2.24, 2.45) is 0 Å². The largest absolute Gasteiger partial charge is 0.382 e. The Bertz CT molecular complexity index is 537. The van der Waals surface area contributed by atoms with Crippen molar-refractivity contribution in [3.63, 3.8) is 0 Å². The van der Waals surface area contributed by atoms with Gasteiger partial charge in [0.2, 0.25) is 0 Å². The molecule has 2 heterocycles. The van der Waals surface area contributed by atoms with E-state index in [-0.39, 0.29) is 10.6 Å². The fourth-order valence-corrected chi connectivity index (χ4v) is 1.73. The lowest BCUT2D eigenvalue weighted by molar-refractivity contribution is 0.621. The number of unbranched alkanes of at least 4 members (excludes halogenated alkanes) is 1. The highest BCUT2D eigenvalue weighted by Crippen LogP contribution is 2.14. The first-order chi connectivity index (χ1) is 8.77. The van der Waals surface area contributed by atoms with E-state index >= 15 is 0 Å². The molecule has 0 aliphatic heterocycles. The molecule has 2 N–H and O–H groups in total. The Balaban J connectivity index is 1.72. The number of aromatic amines is 1. The summed E-state index contributed by atoms with van der Waals surface area (Å²) >= 11 is 5.83. The van der Waals surface area contributed by atoms with Crippen LogP contribution in [0.25, 0.3) is 0 Å². The van der Waals surface area contributed by atoms with Crippen LogP contribution in [0.15, 0.2) is 29.7 Å². The lowest BCUT2D eigenvalue weighted by Crippen LogP contribution is -2.12. The summed E-state index contributed by atoms with van der Waals surface area (Å²) in [6.07, 6.45) is 9.01. The summed E-state index contributed by atoms with van der Waals surface area (Å²) in [5, 5.41) is 9.21. The standard InChI is InChI=1S/C11H14ClN5O/c12-10-9(7-15-16-11(10)18)14-3-1-2-5-17-6-4-13-8-17/h4,6-8H,1-3,5H2,(H2,14,16,18). The first-order valence-corrected chi connectivity index (χ1v) is 6.08. The highest BCUT2D eigenvalue weighted by Gasteiger charge is 2.03. The number of nitrogens with zero attached hydrogens (tertiary/aromatic N) is 3. The van der Waals surface area contributed by atoms with Crippen molar-refractivity contribution < 1.29 is 0 Å². The van der Waals surface area contributed by atoms with Crippen LogP contribution in [0.4, 0.5) is 5.69 Å². The number of nitrogens with one attached hydrogen (secondary N) is 2. The Morgan fingerprint density at radius 2 is 2.33 bits per heavy atom. The Kier molecular flexibility index (Phi) is 4.35. The third-order valence-corrected chi connectivity index (χ3v) is 2.89. The van der Waals surface area contributed by atoms with Crippen LogP contribution in [-0.2, 0) is 6.54 Å². The normalized spacial score (nSPS) is 10.5. The van der Waals surface area contributed by atoms with E-state index in [9.17, 15) is 4.79 Å². The summed E-state index contributed by atoms with van der Waals surface area (Å²) in [6, 6.07) is 0. The molecule has 0 aliphatic carbocycles. The number of rotatable bonds is 6. The van der Waals surface area contributed by atoms with Gasteiger partial charge in [-0.3, -0.25) is 4.79 Å². The predicted molar refractivity (Wildman–Crippen MR) is 69.8 cm³/mol.